The van der Waals surface area contributed by atoms with Crippen LogP contribution in [0.2, 0.25) is 0 Å². The van der Waals surface area contributed by atoms with Crippen molar-refractivity contribution >= 4 is 23.2 Å². The van der Waals surface area contributed by atoms with Crippen LogP contribution in [0.25, 0.3) is 0 Å². The molecule has 0 aliphatic carbocycles. The molecule has 1 aromatic heterocycles. The second kappa shape index (κ2) is 8.01. The Labute approximate surface area is 123 Å². The lowest BCUT2D eigenvalue weighted by Gasteiger charge is -2.18. The zero-order valence-corrected chi connectivity index (χ0v) is 13.0. The molecule has 4 N–H and O–H groups in total. The van der Waals surface area contributed by atoms with E-state index in [1.807, 2.05) is 38.3 Å². The summed E-state index contributed by atoms with van der Waals surface area (Å²) < 4.78 is 0. The zero-order chi connectivity index (χ0) is 15.1. The molecule has 1 aromatic rings. The topological polar surface area (TPSA) is 84.2 Å². The highest BCUT2D eigenvalue weighted by Crippen LogP contribution is 2.21. The maximum absolute atomic E-state index is 11.8. The molecular formula is C14H23N3O2S. The van der Waals surface area contributed by atoms with E-state index in [1.165, 1.54) is 0 Å². The molecule has 1 rings (SSSR count). The van der Waals surface area contributed by atoms with Gasteiger partial charge in [-0.25, -0.2) is 0 Å². The highest BCUT2D eigenvalue weighted by Gasteiger charge is 2.18. The van der Waals surface area contributed by atoms with Crippen LogP contribution in [0.5, 0.6) is 0 Å². The lowest BCUT2D eigenvalue weighted by atomic mass is 10.1. The summed E-state index contributed by atoms with van der Waals surface area (Å²) in [6.45, 7) is 5.71. The van der Waals surface area contributed by atoms with Gasteiger partial charge in [-0.05, 0) is 23.8 Å². The van der Waals surface area contributed by atoms with Crippen LogP contribution < -0.4 is 16.4 Å². The molecule has 2 atom stereocenters. The molecule has 5 nitrogen and oxygen atoms in total. The highest BCUT2D eigenvalue weighted by atomic mass is 32.1. The molecule has 1 heterocycles. The predicted octanol–water partition coefficient (Wildman–Crippen LogP) is 1.41. The van der Waals surface area contributed by atoms with E-state index < -0.39 is 6.04 Å². The predicted molar refractivity (Wildman–Crippen MR) is 81.3 cm³/mol. The first-order valence-corrected chi connectivity index (χ1v) is 7.69. The Morgan fingerprint density at radius 1 is 1.40 bits per heavy atom. The van der Waals surface area contributed by atoms with E-state index in [9.17, 15) is 9.59 Å². The first-order chi connectivity index (χ1) is 9.45. The Bertz CT molecular complexity index is 432. The van der Waals surface area contributed by atoms with E-state index in [-0.39, 0.29) is 30.3 Å². The summed E-state index contributed by atoms with van der Waals surface area (Å²) in [6, 6.07) is 3.37. The number of hydrogen-bond donors (Lipinski definition) is 3. The number of carbonyl (C=O) groups excluding carboxylic acids is 2. The second-order valence-corrected chi connectivity index (χ2v) is 6.01. The number of hydrogen-bond acceptors (Lipinski definition) is 4. The molecule has 0 bridgehead atoms. The molecule has 20 heavy (non-hydrogen) atoms. The van der Waals surface area contributed by atoms with Gasteiger partial charge in [-0.15, -0.1) is 11.3 Å². The van der Waals surface area contributed by atoms with Gasteiger partial charge in [-0.1, -0.05) is 26.8 Å². The van der Waals surface area contributed by atoms with E-state index in [4.69, 9.17) is 5.73 Å². The van der Waals surface area contributed by atoms with Gasteiger partial charge in [0, 0.05) is 4.88 Å². The van der Waals surface area contributed by atoms with Crippen molar-refractivity contribution in [3.8, 4) is 0 Å². The molecule has 1 unspecified atom stereocenters. The summed E-state index contributed by atoms with van der Waals surface area (Å²) in [5.74, 6) is -0.443. The number of amides is 2. The molecule has 0 spiro atoms. The standard InChI is InChI=1S/C14H23N3O2S/c1-4-10(11-6-5-7-20-11)17-12(18)8-16-14(19)13(15)9(2)3/h5-7,9-10,13H,4,8,15H2,1-3H3,(H,16,19)(H,17,18)/t10?,13-/m0/s1. The van der Waals surface area contributed by atoms with Gasteiger partial charge in [0.05, 0.1) is 18.6 Å². The number of nitrogens with one attached hydrogen (secondary N) is 2. The summed E-state index contributed by atoms with van der Waals surface area (Å²) in [6.07, 6.45) is 0.811. The minimum atomic E-state index is -0.581. The summed E-state index contributed by atoms with van der Waals surface area (Å²) >= 11 is 1.61. The van der Waals surface area contributed by atoms with Gasteiger partial charge in [0.2, 0.25) is 11.8 Å². The Balaban J connectivity index is 2.42. The number of nitrogens with two attached hydrogens (primary N) is 1. The van der Waals surface area contributed by atoms with Crippen LogP contribution in [-0.2, 0) is 9.59 Å². The molecule has 0 aliphatic heterocycles. The Morgan fingerprint density at radius 3 is 2.60 bits per heavy atom. The highest BCUT2D eigenvalue weighted by molar-refractivity contribution is 7.10. The van der Waals surface area contributed by atoms with Crippen LogP contribution in [0.15, 0.2) is 17.5 Å². The SMILES string of the molecule is CCC(NC(=O)CNC(=O)[C@@H](N)C(C)C)c1cccs1. The molecule has 0 fully saturated rings. The maximum atomic E-state index is 11.8. The Morgan fingerprint density at radius 2 is 2.10 bits per heavy atom. The van der Waals surface area contributed by atoms with Crippen LogP contribution in [-0.4, -0.2) is 24.4 Å². The van der Waals surface area contributed by atoms with E-state index >= 15 is 0 Å². The van der Waals surface area contributed by atoms with Crippen molar-refractivity contribution < 1.29 is 9.59 Å². The van der Waals surface area contributed by atoms with Gasteiger partial charge in [0.15, 0.2) is 0 Å². The third-order valence-corrected chi connectivity index (χ3v) is 4.06. The molecule has 0 saturated heterocycles. The summed E-state index contributed by atoms with van der Waals surface area (Å²) in [7, 11) is 0. The van der Waals surface area contributed by atoms with Gasteiger partial charge >= 0.3 is 0 Å². The molecule has 0 aliphatic rings. The van der Waals surface area contributed by atoms with Gasteiger partial charge in [-0.2, -0.15) is 0 Å². The minimum Gasteiger partial charge on any atom is -0.347 e. The minimum absolute atomic E-state index is 0.00169. The van der Waals surface area contributed by atoms with Crippen LogP contribution in [0, 0.1) is 5.92 Å². The van der Waals surface area contributed by atoms with Crippen molar-refractivity contribution in [2.75, 3.05) is 6.54 Å². The lowest BCUT2D eigenvalue weighted by Crippen LogP contribution is -2.47. The third-order valence-electron chi connectivity index (χ3n) is 3.07. The fraction of sp³-hybridized carbons (Fsp3) is 0.571. The van der Waals surface area contributed by atoms with E-state index in [0.717, 1.165) is 11.3 Å². The summed E-state index contributed by atoms with van der Waals surface area (Å²) in [4.78, 5) is 24.6. The van der Waals surface area contributed by atoms with Crippen molar-refractivity contribution in [1.29, 1.82) is 0 Å². The quantitative estimate of drug-likeness (QED) is 0.711. The van der Waals surface area contributed by atoms with E-state index in [0.29, 0.717) is 0 Å². The third kappa shape index (κ3) is 4.94. The van der Waals surface area contributed by atoms with Crippen LogP contribution >= 0.6 is 11.3 Å². The first kappa shape index (κ1) is 16.7. The number of carbonyl (C=O) groups is 2. The Kier molecular flexibility index (Phi) is 6.67. The van der Waals surface area contributed by atoms with E-state index in [1.54, 1.807) is 11.3 Å². The van der Waals surface area contributed by atoms with Crippen molar-refractivity contribution in [1.82, 2.24) is 10.6 Å². The van der Waals surface area contributed by atoms with Crippen molar-refractivity contribution in [2.45, 2.75) is 39.3 Å². The van der Waals surface area contributed by atoms with Crippen molar-refractivity contribution in [3.63, 3.8) is 0 Å². The average molecular weight is 297 g/mol. The van der Waals surface area contributed by atoms with Gasteiger partial charge in [0.25, 0.3) is 0 Å². The smallest absolute Gasteiger partial charge is 0.239 e. The fourth-order valence-corrected chi connectivity index (χ4v) is 2.56. The van der Waals surface area contributed by atoms with Gasteiger partial charge in [-0.3, -0.25) is 9.59 Å². The number of rotatable bonds is 7. The van der Waals surface area contributed by atoms with E-state index in [2.05, 4.69) is 10.6 Å². The molecular weight excluding hydrogens is 274 g/mol. The zero-order valence-electron chi connectivity index (χ0n) is 12.2. The van der Waals surface area contributed by atoms with Gasteiger partial charge in [0.1, 0.15) is 0 Å². The number of thiophene rings is 1. The van der Waals surface area contributed by atoms with Crippen molar-refractivity contribution in [2.24, 2.45) is 11.7 Å². The van der Waals surface area contributed by atoms with Crippen LogP contribution in [0.3, 0.4) is 0 Å². The van der Waals surface area contributed by atoms with Gasteiger partial charge < -0.3 is 16.4 Å². The fourth-order valence-electron chi connectivity index (χ4n) is 1.70. The van der Waals surface area contributed by atoms with Crippen molar-refractivity contribution in [3.05, 3.63) is 22.4 Å². The monoisotopic (exact) mass is 297 g/mol. The molecule has 6 heteroatoms. The Hall–Kier alpha value is -1.40. The van der Waals surface area contributed by atoms with Crippen LogP contribution in [0.1, 0.15) is 38.1 Å². The molecule has 112 valence electrons. The molecule has 0 aromatic carbocycles. The summed E-state index contributed by atoms with van der Waals surface area (Å²) in [5, 5.41) is 7.45. The molecule has 0 radical (unpaired) electrons. The maximum Gasteiger partial charge on any atom is 0.239 e. The molecule has 0 saturated carbocycles. The van der Waals surface area contributed by atoms with Crippen LogP contribution in [0.4, 0.5) is 0 Å². The first-order valence-electron chi connectivity index (χ1n) is 6.81. The largest absolute Gasteiger partial charge is 0.347 e. The normalized spacial score (nSPS) is 13.8. The average Bonchev–Trinajstić information content (AvgIpc) is 2.94. The second-order valence-electron chi connectivity index (χ2n) is 5.03. The molecule has 2 amide bonds. The summed E-state index contributed by atoms with van der Waals surface area (Å²) in [5.41, 5.74) is 5.71. The lowest BCUT2D eigenvalue weighted by molar-refractivity contribution is -0.127.